The fraction of sp³-hybridized carbons (Fsp3) is 0.200. The molecule has 90 valence electrons. The van der Waals surface area contributed by atoms with Crippen molar-refractivity contribution in [3.8, 4) is 5.69 Å². The van der Waals surface area contributed by atoms with E-state index in [1.54, 1.807) is 6.26 Å². The lowest BCUT2D eigenvalue weighted by atomic mass is 10.3. The molecule has 0 amide bonds. The zero-order chi connectivity index (χ0) is 12.6. The molecule has 0 atom stereocenters. The van der Waals surface area contributed by atoms with E-state index in [1.807, 2.05) is 0 Å². The van der Waals surface area contributed by atoms with Crippen molar-refractivity contribution >= 4 is 23.4 Å². The number of aromatic nitrogens is 3. The third-order valence-electron chi connectivity index (χ3n) is 2.23. The minimum atomic E-state index is -0.553. The maximum Gasteiger partial charge on any atom is 0.351 e. The molecule has 17 heavy (non-hydrogen) atoms. The summed E-state index contributed by atoms with van der Waals surface area (Å²) in [7, 11) is 1.52. The number of rotatable bonds is 2. The normalized spacial score (nSPS) is 10.8. The van der Waals surface area contributed by atoms with Crippen molar-refractivity contribution in [2.24, 2.45) is 7.05 Å². The summed E-state index contributed by atoms with van der Waals surface area (Å²) in [5.74, 6) is -0.553. The molecule has 1 aromatic carbocycles. The highest BCUT2D eigenvalue weighted by molar-refractivity contribution is 7.98. The van der Waals surface area contributed by atoms with Gasteiger partial charge in [0.1, 0.15) is 5.82 Å². The molecule has 0 fully saturated rings. The molecule has 2 aromatic rings. The molecule has 0 aliphatic rings. The largest absolute Gasteiger partial charge is 0.351 e. The number of thioether (sulfide) groups is 1. The Bertz CT molecular complexity index is 622. The van der Waals surface area contributed by atoms with Gasteiger partial charge in [0.05, 0.1) is 5.69 Å². The molecular formula is C10H9ClFN3OS. The molecule has 0 saturated heterocycles. The summed E-state index contributed by atoms with van der Waals surface area (Å²) < 4.78 is 16.1. The van der Waals surface area contributed by atoms with E-state index in [-0.39, 0.29) is 10.7 Å². The number of hydrogen-bond acceptors (Lipinski definition) is 3. The van der Waals surface area contributed by atoms with E-state index in [1.165, 1.54) is 46.3 Å². The number of nitrogens with zero attached hydrogens (tertiary/aromatic N) is 3. The first kappa shape index (κ1) is 12.2. The van der Waals surface area contributed by atoms with E-state index in [0.717, 1.165) is 0 Å². The van der Waals surface area contributed by atoms with Crippen LogP contribution >= 0.6 is 23.4 Å². The van der Waals surface area contributed by atoms with Crippen molar-refractivity contribution < 1.29 is 4.39 Å². The van der Waals surface area contributed by atoms with Crippen LogP contribution in [-0.4, -0.2) is 20.6 Å². The van der Waals surface area contributed by atoms with Crippen LogP contribution < -0.4 is 5.69 Å². The Balaban J connectivity index is 2.72. The summed E-state index contributed by atoms with van der Waals surface area (Å²) in [4.78, 5) is 11.8. The highest BCUT2D eigenvalue weighted by Crippen LogP contribution is 2.20. The Kier molecular flexibility index (Phi) is 3.26. The fourth-order valence-electron chi connectivity index (χ4n) is 1.44. The van der Waals surface area contributed by atoms with Gasteiger partial charge in [0, 0.05) is 12.1 Å². The van der Waals surface area contributed by atoms with Gasteiger partial charge in [-0.05, 0) is 24.5 Å². The maximum absolute atomic E-state index is 13.8. The maximum atomic E-state index is 13.8. The molecule has 0 bridgehead atoms. The Labute approximate surface area is 106 Å². The molecule has 0 N–H and O–H groups in total. The Hall–Kier alpha value is -1.27. The van der Waals surface area contributed by atoms with Crippen LogP contribution in [0.1, 0.15) is 0 Å². The first-order valence-electron chi connectivity index (χ1n) is 4.70. The quantitative estimate of drug-likeness (QED) is 0.787. The smallest absolute Gasteiger partial charge is 0.246 e. The van der Waals surface area contributed by atoms with E-state index in [4.69, 9.17) is 11.6 Å². The lowest BCUT2D eigenvalue weighted by molar-refractivity contribution is 0.610. The van der Waals surface area contributed by atoms with Gasteiger partial charge >= 0.3 is 5.69 Å². The van der Waals surface area contributed by atoms with Gasteiger partial charge in [-0.25, -0.2) is 18.4 Å². The van der Waals surface area contributed by atoms with Gasteiger partial charge in [-0.2, -0.15) is 0 Å². The zero-order valence-electron chi connectivity index (χ0n) is 9.15. The average molecular weight is 274 g/mol. The SMILES string of the molecule is CSc1nn(C)c(=O)n1-c1ccc(Cl)cc1F. The molecule has 0 saturated carbocycles. The van der Waals surface area contributed by atoms with Crippen LogP contribution in [0.3, 0.4) is 0 Å². The Morgan fingerprint density at radius 1 is 1.47 bits per heavy atom. The summed E-state index contributed by atoms with van der Waals surface area (Å²) in [6.07, 6.45) is 1.77. The minimum absolute atomic E-state index is 0.150. The molecule has 1 heterocycles. The van der Waals surface area contributed by atoms with Crippen molar-refractivity contribution in [3.63, 3.8) is 0 Å². The summed E-state index contributed by atoms with van der Waals surface area (Å²) in [6.45, 7) is 0. The highest BCUT2D eigenvalue weighted by atomic mass is 35.5. The lowest BCUT2D eigenvalue weighted by Crippen LogP contribution is -2.22. The molecule has 2 rings (SSSR count). The van der Waals surface area contributed by atoms with E-state index in [9.17, 15) is 9.18 Å². The van der Waals surface area contributed by atoms with E-state index < -0.39 is 11.5 Å². The van der Waals surface area contributed by atoms with E-state index in [2.05, 4.69) is 5.10 Å². The van der Waals surface area contributed by atoms with Gasteiger partial charge in [0.25, 0.3) is 0 Å². The highest BCUT2D eigenvalue weighted by Gasteiger charge is 2.15. The molecule has 0 spiro atoms. The van der Waals surface area contributed by atoms with Crippen molar-refractivity contribution in [3.05, 3.63) is 39.5 Å². The van der Waals surface area contributed by atoms with Gasteiger partial charge in [-0.3, -0.25) is 0 Å². The molecule has 7 heteroatoms. The predicted octanol–water partition coefficient (Wildman–Crippen LogP) is 2.09. The van der Waals surface area contributed by atoms with Gasteiger partial charge in [0.2, 0.25) is 0 Å². The number of hydrogen-bond donors (Lipinski definition) is 0. The van der Waals surface area contributed by atoms with Crippen LogP contribution in [0, 0.1) is 5.82 Å². The third kappa shape index (κ3) is 2.10. The number of aryl methyl sites for hydroxylation is 1. The van der Waals surface area contributed by atoms with Crippen LogP contribution in [0.4, 0.5) is 4.39 Å². The second-order valence-corrected chi connectivity index (χ2v) is 4.53. The van der Waals surface area contributed by atoms with Gasteiger partial charge < -0.3 is 0 Å². The van der Waals surface area contributed by atoms with E-state index in [0.29, 0.717) is 5.16 Å². The Morgan fingerprint density at radius 3 is 2.76 bits per heavy atom. The van der Waals surface area contributed by atoms with Crippen molar-refractivity contribution in [1.29, 1.82) is 0 Å². The number of benzene rings is 1. The predicted molar refractivity (Wildman–Crippen MR) is 65.6 cm³/mol. The molecule has 1 aromatic heterocycles. The van der Waals surface area contributed by atoms with Crippen molar-refractivity contribution in [2.75, 3.05) is 6.26 Å². The zero-order valence-corrected chi connectivity index (χ0v) is 10.7. The second-order valence-electron chi connectivity index (χ2n) is 3.32. The Morgan fingerprint density at radius 2 is 2.18 bits per heavy atom. The minimum Gasteiger partial charge on any atom is -0.246 e. The number of halogens is 2. The molecule has 0 aliphatic carbocycles. The summed E-state index contributed by atoms with van der Waals surface area (Å²) >= 11 is 6.94. The molecule has 4 nitrogen and oxygen atoms in total. The average Bonchev–Trinajstić information content (AvgIpc) is 2.56. The first-order valence-corrected chi connectivity index (χ1v) is 6.30. The van der Waals surface area contributed by atoms with E-state index >= 15 is 0 Å². The van der Waals surface area contributed by atoms with Crippen LogP contribution in [0.2, 0.25) is 5.02 Å². The van der Waals surface area contributed by atoms with Gasteiger partial charge in [-0.15, -0.1) is 5.10 Å². The molecule has 0 unspecified atom stereocenters. The lowest BCUT2D eigenvalue weighted by Gasteiger charge is -2.05. The van der Waals surface area contributed by atoms with Crippen LogP contribution in [-0.2, 0) is 7.05 Å². The first-order chi connectivity index (χ1) is 8.04. The molecule has 0 aliphatic heterocycles. The summed E-state index contributed by atoms with van der Waals surface area (Å²) in [5, 5.41) is 4.71. The standard InChI is InChI=1S/C10H9ClFN3OS/c1-14-10(16)15(9(13-14)17-2)8-4-3-6(11)5-7(8)12/h3-5H,1-2H3. The fourth-order valence-corrected chi connectivity index (χ4v) is 2.17. The van der Waals surface area contributed by atoms with Crippen LogP contribution in [0.15, 0.2) is 28.2 Å². The second kappa shape index (κ2) is 4.54. The monoisotopic (exact) mass is 273 g/mol. The molecular weight excluding hydrogens is 265 g/mol. The van der Waals surface area contributed by atoms with Crippen molar-refractivity contribution in [1.82, 2.24) is 14.3 Å². The summed E-state index contributed by atoms with van der Waals surface area (Å²) in [6, 6.07) is 4.16. The van der Waals surface area contributed by atoms with Crippen LogP contribution in [0.5, 0.6) is 0 Å². The van der Waals surface area contributed by atoms with Crippen molar-refractivity contribution in [2.45, 2.75) is 5.16 Å². The molecule has 0 radical (unpaired) electrons. The third-order valence-corrected chi connectivity index (χ3v) is 3.09. The van der Waals surface area contributed by atoms with Crippen LogP contribution in [0.25, 0.3) is 5.69 Å². The van der Waals surface area contributed by atoms with Gasteiger partial charge in [0.15, 0.2) is 5.16 Å². The topological polar surface area (TPSA) is 39.8 Å². The van der Waals surface area contributed by atoms with Gasteiger partial charge in [-0.1, -0.05) is 23.4 Å². The summed E-state index contributed by atoms with van der Waals surface area (Å²) in [5.41, 5.74) is -0.243.